The van der Waals surface area contributed by atoms with Crippen LogP contribution in [0.15, 0.2) is 29.2 Å². The Balaban J connectivity index is 2.16. The van der Waals surface area contributed by atoms with Crippen LogP contribution in [0.3, 0.4) is 0 Å². The van der Waals surface area contributed by atoms with Crippen molar-refractivity contribution in [3.63, 3.8) is 0 Å². The summed E-state index contributed by atoms with van der Waals surface area (Å²) in [5.41, 5.74) is 5.61. The molecule has 2 aromatic rings. The Morgan fingerprint density at radius 2 is 1.91 bits per heavy atom. The number of ether oxygens (including phenoxy) is 1. The minimum atomic E-state index is -4.13. The zero-order valence-corrected chi connectivity index (χ0v) is 13.1. The molecule has 0 bridgehead atoms. The molecule has 0 aliphatic carbocycles. The molecule has 23 heavy (non-hydrogen) atoms. The fourth-order valence-corrected chi connectivity index (χ4v) is 2.67. The minimum Gasteiger partial charge on any atom is -0.467 e. The number of rotatable bonds is 4. The van der Waals surface area contributed by atoms with Gasteiger partial charge < -0.3 is 10.5 Å². The molecule has 1 aromatic heterocycles. The summed E-state index contributed by atoms with van der Waals surface area (Å²) in [7, 11) is -2.78. The summed E-state index contributed by atoms with van der Waals surface area (Å²) in [5, 5.41) is 2.19. The van der Waals surface area contributed by atoms with E-state index in [1.165, 1.54) is 25.3 Å². The molecule has 1 heterocycles. The van der Waals surface area contributed by atoms with E-state index in [1.807, 2.05) is 4.72 Å². The van der Waals surface area contributed by atoms with Crippen molar-refractivity contribution in [2.45, 2.75) is 11.8 Å². The normalized spacial score (nSPS) is 10.9. The van der Waals surface area contributed by atoms with Gasteiger partial charge in [0.2, 0.25) is 5.95 Å². The molecule has 1 aromatic carbocycles. The molecule has 0 aliphatic heterocycles. The monoisotopic (exact) mass is 338 g/mol. The molecule has 11 heteroatoms. The molecule has 0 saturated heterocycles. The van der Waals surface area contributed by atoms with Crippen LogP contribution in [0, 0.1) is 6.92 Å². The Bertz CT molecular complexity index is 839. The number of benzene rings is 1. The fraction of sp³-hybridized carbons (Fsp3) is 0.167. The molecule has 10 nitrogen and oxygen atoms in total. The average Bonchev–Trinajstić information content (AvgIpc) is 2.46. The number of sulfonamides is 1. The van der Waals surface area contributed by atoms with Gasteiger partial charge in [-0.1, -0.05) is 12.1 Å². The molecule has 2 rings (SSSR count). The Morgan fingerprint density at radius 3 is 2.57 bits per heavy atom. The average molecular weight is 338 g/mol. The third-order valence-corrected chi connectivity index (χ3v) is 3.98. The molecule has 4 N–H and O–H groups in total. The van der Waals surface area contributed by atoms with E-state index in [9.17, 15) is 13.2 Å². The van der Waals surface area contributed by atoms with Crippen molar-refractivity contribution in [2.24, 2.45) is 0 Å². The molecular weight excluding hydrogens is 324 g/mol. The van der Waals surface area contributed by atoms with E-state index in [2.05, 4.69) is 20.3 Å². The van der Waals surface area contributed by atoms with Gasteiger partial charge in [-0.3, -0.25) is 5.32 Å². The number of carbonyl (C=O) groups is 1. The number of aromatic nitrogens is 3. The van der Waals surface area contributed by atoms with Crippen LogP contribution >= 0.6 is 0 Å². The lowest BCUT2D eigenvalue weighted by Crippen LogP contribution is -2.35. The first kappa shape index (κ1) is 16.4. The zero-order chi connectivity index (χ0) is 17.0. The summed E-state index contributed by atoms with van der Waals surface area (Å²) in [6.07, 6.45) is 0. The summed E-state index contributed by atoms with van der Waals surface area (Å²) >= 11 is 0. The number of amides is 2. The quantitative estimate of drug-likeness (QED) is 0.673. The number of hydrogen-bond acceptors (Lipinski definition) is 8. The predicted molar refractivity (Wildman–Crippen MR) is 81.3 cm³/mol. The van der Waals surface area contributed by atoms with Gasteiger partial charge >= 0.3 is 12.0 Å². The number of anilines is 2. The lowest BCUT2D eigenvalue weighted by molar-refractivity contribution is 0.256. The highest BCUT2D eigenvalue weighted by atomic mass is 32.2. The highest BCUT2D eigenvalue weighted by Gasteiger charge is 2.20. The number of nitrogens with one attached hydrogen (secondary N) is 2. The summed E-state index contributed by atoms with van der Waals surface area (Å²) in [6, 6.07) is 4.70. The van der Waals surface area contributed by atoms with E-state index in [1.54, 1.807) is 13.0 Å². The Kier molecular flexibility index (Phi) is 4.60. The molecule has 0 unspecified atom stereocenters. The number of hydrogen-bond donors (Lipinski definition) is 3. The molecule has 0 spiro atoms. The van der Waals surface area contributed by atoms with Gasteiger partial charge in [-0.15, -0.1) is 0 Å². The number of para-hydroxylation sites is 1. The molecule has 0 fully saturated rings. The van der Waals surface area contributed by atoms with Crippen molar-refractivity contribution >= 4 is 27.7 Å². The van der Waals surface area contributed by atoms with Crippen LogP contribution in [-0.2, 0) is 10.0 Å². The number of nitrogens with two attached hydrogens (primary N) is 1. The van der Waals surface area contributed by atoms with Gasteiger partial charge in [0.25, 0.3) is 10.0 Å². The third kappa shape index (κ3) is 4.03. The Hall–Kier alpha value is -2.95. The molecule has 2 amide bonds. The van der Waals surface area contributed by atoms with E-state index in [4.69, 9.17) is 10.5 Å². The largest absolute Gasteiger partial charge is 0.467 e. The molecular formula is C12H14N6O4S. The van der Waals surface area contributed by atoms with Crippen molar-refractivity contribution in [2.75, 3.05) is 18.2 Å². The highest BCUT2D eigenvalue weighted by molar-refractivity contribution is 7.90. The van der Waals surface area contributed by atoms with E-state index in [0.29, 0.717) is 5.82 Å². The maximum Gasteiger partial charge on any atom is 0.335 e. The van der Waals surface area contributed by atoms with Gasteiger partial charge in [-0.2, -0.15) is 15.0 Å². The van der Waals surface area contributed by atoms with Crippen LogP contribution in [0.25, 0.3) is 0 Å². The second kappa shape index (κ2) is 6.44. The van der Waals surface area contributed by atoms with Crippen molar-refractivity contribution < 1.29 is 17.9 Å². The smallest absolute Gasteiger partial charge is 0.335 e. The van der Waals surface area contributed by atoms with Crippen LogP contribution in [0.1, 0.15) is 5.82 Å². The fourth-order valence-electron chi connectivity index (χ4n) is 1.63. The van der Waals surface area contributed by atoms with Gasteiger partial charge in [0.05, 0.1) is 12.8 Å². The van der Waals surface area contributed by atoms with E-state index < -0.39 is 16.1 Å². The maximum absolute atomic E-state index is 12.1. The van der Waals surface area contributed by atoms with Crippen molar-refractivity contribution in [3.05, 3.63) is 30.1 Å². The molecule has 0 saturated carbocycles. The topological polar surface area (TPSA) is 149 Å². The lowest BCUT2D eigenvalue weighted by atomic mass is 10.3. The predicted octanol–water partition coefficient (Wildman–Crippen LogP) is 0.281. The molecule has 0 atom stereocenters. The maximum atomic E-state index is 12.1. The minimum absolute atomic E-state index is 0.0111. The van der Waals surface area contributed by atoms with E-state index >= 15 is 0 Å². The molecule has 0 radical (unpaired) electrons. The van der Waals surface area contributed by atoms with Crippen LogP contribution in [0.5, 0.6) is 6.01 Å². The number of nitrogen functional groups attached to an aromatic ring is 1. The van der Waals surface area contributed by atoms with Crippen molar-refractivity contribution in [1.29, 1.82) is 0 Å². The number of aryl methyl sites for hydroxylation is 1. The second-order valence-corrected chi connectivity index (χ2v) is 5.94. The second-order valence-electron chi connectivity index (χ2n) is 4.29. The first-order valence-corrected chi connectivity index (χ1v) is 7.75. The lowest BCUT2D eigenvalue weighted by Gasteiger charge is -2.09. The van der Waals surface area contributed by atoms with Crippen molar-refractivity contribution in [1.82, 2.24) is 19.7 Å². The Labute approximate surface area is 132 Å². The Morgan fingerprint density at radius 1 is 1.22 bits per heavy atom. The third-order valence-electron chi connectivity index (χ3n) is 2.57. The summed E-state index contributed by atoms with van der Waals surface area (Å²) in [5.74, 6) is 0.144. The number of urea groups is 1. The van der Waals surface area contributed by atoms with Gasteiger partial charge in [0.15, 0.2) is 0 Å². The SMILES string of the molecule is COc1nc(C)nc(NC(=O)NS(=O)(=O)c2ccccc2N)n1. The van der Waals surface area contributed by atoms with E-state index in [0.717, 1.165) is 0 Å². The summed E-state index contributed by atoms with van der Waals surface area (Å²) in [4.78, 5) is 23.1. The summed E-state index contributed by atoms with van der Waals surface area (Å²) < 4.78 is 30.9. The van der Waals surface area contributed by atoms with Crippen LogP contribution in [-0.4, -0.2) is 36.5 Å². The summed E-state index contributed by atoms with van der Waals surface area (Å²) in [6.45, 7) is 1.56. The van der Waals surface area contributed by atoms with Gasteiger partial charge in [-0.25, -0.2) is 17.9 Å². The van der Waals surface area contributed by atoms with Gasteiger partial charge in [0, 0.05) is 0 Å². The standard InChI is InChI=1S/C12H14N6O4S/c1-7-14-10(17-12(15-7)22-2)16-11(19)18-23(20,21)9-6-4-3-5-8(9)13/h3-6H,13H2,1-2H3,(H2,14,15,16,17,18,19). The van der Waals surface area contributed by atoms with Crippen LogP contribution in [0.4, 0.5) is 16.4 Å². The zero-order valence-electron chi connectivity index (χ0n) is 12.3. The van der Waals surface area contributed by atoms with Crippen LogP contribution in [0.2, 0.25) is 0 Å². The van der Waals surface area contributed by atoms with Crippen LogP contribution < -0.4 is 20.5 Å². The number of methoxy groups -OCH3 is 1. The number of carbonyl (C=O) groups excluding carboxylic acids is 1. The van der Waals surface area contributed by atoms with E-state index in [-0.39, 0.29) is 22.5 Å². The van der Waals surface area contributed by atoms with Gasteiger partial charge in [-0.05, 0) is 19.1 Å². The first-order chi connectivity index (χ1) is 10.8. The van der Waals surface area contributed by atoms with Crippen molar-refractivity contribution in [3.8, 4) is 6.01 Å². The molecule has 0 aliphatic rings. The molecule has 122 valence electrons. The number of nitrogens with zero attached hydrogens (tertiary/aromatic N) is 3. The first-order valence-electron chi connectivity index (χ1n) is 6.27. The highest BCUT2D eigenvalue weighted by Crippen LogP contribution is 2.16. The van der Waals surface area contributed by atoms with Gasteiger partial charge in [0.1, 0.15) is 10.7 Å².